The van der Waals surface area contributed by atoms with Crippen molar-refractivity contribution in [3.05, 3.63) is 48.0 Å². The van der Waals surface area contributed by atoms with Gasteiger partial charge >= 0.3 is 0 Å². The van der Waals surface area contributed by atoms with Crippen LogP contribution in [0.25, 0.3) is 0 Å². The van der Waals surface area contributed by atoms with E-state index in [4.69, 9.17) is 4.74 Å². The summed E-state index contributed by atoms with van der Waals surface area (Å²) in [6.07, 6.45) is 1.90. The molecule has 90 valence electrons. The molecule has 18 heavy (non-hydrogen) atoms. The first-order valence-electron chi connectivity index (χ1n) is 5.29. The van der Waals surface area contributed by atoms with Gasteiger partial charge in [-0.2, -0.15) is 5.26 Å². The number of phenols is 1. The van der Waals surface area contributed by atoms with E-state index in [1.807, 2.05) is 18.4 Å². The smallest absolute Gasteiger partial charge is 0.169 e. The van der Waals surface area contributed by atoms with E-state index in [-0.39, 0.29) is 5.75 Å². The van der Waals surface area contributed by atoms with Gasteiger partial charge in [0.25, 0.3) is 0 Å². The molecule has 0 radical (unpaired) electrons. The number of rotatable bonds is 3. The van der Waals surface area contributed by atoms with Crippen LogP contribution in [-0.2, 0) is 0 Å². The largest absolute Gasteiger partial charge is 0.504 e. The van der Waals surface area contributed by atoms with Gasteiger partial charge < -0.3 is 9.84 Å². The van der Waals surface area contributed by atoms with E-state index in [1.54, 1.807) is 30.3 Å². The minimum absolute atomic E-state index is 0.0518. The summed E-state index contributed by atoms with van der Waals surface area (Å²) >= 11 is 1.48. The molecule has 1 N–H and O–H groups in total. The number of hydrogen-bond donors (Lipinski definition) is 1. The number of thioether (sulfide) groups is 1. The number of ether oxygens (including phenoxy) is 1. The molecule has 2 aromatic rings. The quantitative estimate of drug-likeness (QED) is 0.850. The van der Waals surface area contributed by atoms with Gasteiger partial charge in [-0.25, -0.2) is 0 Å². The SMILES string of the molecule is CSc1cccc(Oc2ccccc2O)c1C#N. The third-order valence-corrected chi connectivity index (χ3v) is 3.18. The second-order valence-corrected chi connectivity index (χ2v) is 4.36. The van der Waals surface area contributed by atoms with Gasteiger partial charge in [0.2, 0.25) is 0 Å². The molecule has 0 spiro atoms. The Labute approximate surface area is 110 Å². The zero-order valence-corrected chi connectivity index (χ0v) is 10.6. The highest BCUT2D eigenvalue weighted by molar-refractivity contribution is 7.98. The van der Waals surface area contributed by atoms with Crippen molar-refractivity contribution in [1.82, 2.24) is 0 Å². The number of nitriles is 1. The predicted octanol–water partition coefficient (Wildman–Crippen LogP) is 3.78. The Hall–Kier alpha value is -2.12. The molecule has 0 fully saturated rings. The molecule has 3 nitrogen and oxygen atoms in total. The normalized spacial score (nSPS) is 9.78. The Morgan fingerprint density at radius 2 is 1.83 bits per heavy atom. The molecule has 0 aromatic heterocycles. The maximum atomic E-state index is 9.65. The second-order valence-electron chi connectivity index (χ2n) is 3.51. The van der Waals surface area contributed by atoms with Crippen LogP contribution in [0.1, 0.15) is 5.56 Å². The van der Waals surface area contributed by atoms with Gasteiger partial charge in [-0.05, 0) is 30.5 Å². The summed E-state index contributed by atoms with van der Waals surface area (Å²) in [7, 11) is 0. The summed E-state index contributed by atoms with van der Waals surface area (Å²) in [5, 5.41) is 18.8. The third-order valence-electron chi connectivity index (χ3n) is 2.40. The lowest BCUT2D eigenvalue weighted by Crippen LogP contribution is -1.90. The number of hydrogen-bond acceptors (Lipinski definition) is 4. The van der Waals surface area contributed by atoms with E-state index < -0.39 is 0 Å². The molecule has 2 rings (SSSR count). The zero-order valence-electron chi connectivity index (χ0n) is 9.75. The first-order valence-corrected chi connectivity index (χ1v) is 6.51. The molecule has 0 atom stereocenters. The average molecular weight is 257 g/mol. The number of aromatic hydroxyl groups is 1. The van der Waals surface area contributed by atoms with Crippen molar-refractivity contribution < 1.29 is 9.84 Å². The summed E-state index contributed by atoms with van der Waals surface area (Å²) in [5.41, 5.74) is 0.480. The first kappa shape index (κ1) is 12.3. The van der Waals surface area contributed by atoms with E-state index in [0.717, 1.165) is 4.90 Å². The van der Waals surface area contributed by atoms with Crippen LogP contribution in [0.2, 0.25) is 0 Å². The standard InChI is InChI=1S/C14H11NO2S/c1-18-14-8-4-7-12(10(14)9-15)17-13-6-3-2-5-11(13)16/h2-8,16H,1H3. The van der Waals surface area contributed by atoms with Crippen molar-refractivity contribution in [3.63, 3.8) is 0 Å². The maximum Gasteiger partial charge on any atom is 0.169 e. The molecule has 0 heterocycles. The molecule has 2 aromatic carbocycles. The highest BCUT2D eigenvalue weighted by Crippen LogP contribution is 2.34. The minimum atomic E-state index is 0.0518. The maximum absolute atomic E-state index is 9.65. The van der Waals surface area contributed by atoms with Crippen LogP contribution >= 0.6 is 11.8 Å². The van der Waals surface area contributed by atoms with Crippen molar-refractivity contribution in [1.29, 1.82) is 5.26 Å². The number of phenolic OH excluding ortho intramolecular Hbond substituents is 1. The Morgan fingerprint density at radius 3 is 2.50 bits per heavy atom. The van der Waals surface area contributed by atoms with Gasteiger partial charge in [0, 0.05) is 4.90 Å². The number of para-hydroxylation sites is 2. The van der Waals surface area contributed by atoms with Crippen molar-refractivity contribution in [3.8, 4) is 23.3 Å². The fourth-order valence-corrected chi connectivity index (χ4v) is 2.10. The van der Waals surface area contributed by atoms with E-state index in [2.05, 4.69) is 6.07 Å². The van der Waals surface area contributed by atoms with E-state index in [1.165, 1.54) is 11.8 Å². The highest BCUT2D eigenvalue weighted by atomic mass is 32.2. The Balaban J connectivity index is 2.42. The first-order chi connectivity index (χ1) is 8.76. The van der Waals surface area contributed by atoms with E-state index >= 15 is 0 Å². The third kappa shape index (κ3) is 2.41. The van der Waals surface area contributed by atoms with Crippen LogP contribution in [0.15, 0.2) is 47.4 Å². The van der Waals surface area contributed by atoms with Crippen LogP contribution < -0.4 is 4.74 Å². The van der Waals surface area contributed by atoms with Crippen LogP contribution in [-0.4, -0.2) is 11.4 Å². The van der Waals surface area contributed by atoms with Gasteiger partial charge in [-0.3, -0.25) is 0 Å². The molecule has 0 amide bonds. The lowest BCUT2D eigenvalue weighted by Gasteiger charge is -2.10. The van der Waals surface area contributed by atoms with Gasteiger partial charge in [0.1, 0.15) is 17.4 Å². The lowest BCUT2D eigenvalue weighted by atomic mass is 10.2. The zero-order chi connectivity index (χ0) is 13.0. The topological polar surface area (TPSA) is 53.2 Å². The minimum Gasteiger partial charge on any atom is -0.504 e. The Bertz CT molecular complexity index is 605. The molecule has 0 unspecified atom stereocenters. The molecule has 0 aliphatic rings. The molecule has 0 aliphatic heterocycles. The molecule has 0 aliphatic carbocycles. The van der Waals surface area contributed by atoms with Crippen molar-refractivity contribution in [2.75, 3.05) is 6.26 Å². The van der Waals surface area contributed by atoms with Crippen molar-refractivity contribution in [2.24, 2.45) is 0 Å². The van der Waals surface area contributed by atoms with E-state index in [9.17, 15) is 10.4 Å². The molecule has 4 heteroatoms. The Kier molecular flexibility index (Phi) is 3.75. The summed E-state index contributed by atoms with van der Waals surface area (Å²) in [6.45, 7) is 0. The van der Waals surface area contributed by atoms with Crippen LogP contribution in [0, 0.1) is 11.3 Å². The molecule has 0 saturated heterocycles. The average Bonchev–Trinajstić information content (AvgIpc) is 2.41. The van der Waals surface area contributed by atoms with Gasteiger partial charge in [-0.1, -0.05) is 18.2 Å². The van der Waals surface area contributed by atoms with Gasteiger partial charge in [-0.15, -0.1) is 11.8 Å². The molecular weight excluding hydrogens is 246 g/mol. The summed E-state index contributed by atoms with van der Waals surface area (Å²) in [5.74, 6) is 0.842. The van der Waals surface area contributed by atoms with Gasteiger partial charge in [0.05, 0.1) is 0 Å². The van der Waals surface area contributed by atoms with E-state index in [0.29, 0.717) is 17.1 Å². The van der Waals surface area contributed by atoms with Crippen molar-refractivity contribution >= 4 is 11.8 Å². The second kappa shape index (κ2) is 5.48. The van der Waals surface area contributed by atoms with Crippen LogP contribution in [0.5, 0.6) is 17.2 Å². The van der Waals surface area contributed by atoms with Crippen molar-refractivity contribution in [2.45, 2.75) is 4.90 Å². The summed E-state index contributed by atoms with van der Waals surface area (Å²) in [6, 6.07) is 14.2. The van der Waals surface area contributed by atoms with Crippen LogP contribution in [0.4, 0.5) is 0 Å². The molecule has 0 bridgehead atoms. The molecular formula is C14H11NO2S. The fourth-order valence-electron chi connectivity index (χ4n) is 1.54. The monoisotopic (exact) mass is 257 g/mol. The fraction of sp³-hybridized carbons (Fsp3) is 0.0714. The highest BCUT2D eigenvalue weighted by Gasteiger charge is 2.10. The predicted molar refractivity (Wildman–Crippen MR) is 71.1 cm³/mol. The molecule has 0 saturated carbocycles. The Morgan fingerprint density at radius 1 is 1.11 bits per heavy atom. The summed E-state index contributed by atoms with van der Waals surface area (Å²) in [4.78, 5) is 0.852. The number of benzene rings is 2. The van der Waals surface area contributed by atoms with Gasteiger partial charge in [0.15, 0.2) is 11.5 Å². The van der Waals surface area contributed by atoms with Crippen LogP contribution in [0.3, 0.4) is 0 Å². The summed E-state index contributed by atoms with van der Waals surface area (Å²) < 4.78 is 5.59. The lowest BCUT2D eigenvalue weighted by molar-refractivity contribution is 0.410. The number of nitrogens with zero attached hydrogens (tertiary/aromatic N) is 1.